The van der Waals surface area contributed by atoms with Crippen LogP contribution in [-0.4, -0.2) is 113 Å². The Morgan fingerprint density at radius 2 is 1.39 bits per heavy atom. The first-order valence-corrected chi connectivity index (χ1v) is 11.2. The average molecular weight is 617 g/mol. The van der Waals surface area contributed by atoms with Gasteiger partial charge in [-0.05, 0) is 33.2 Å². The van der Waals surface area contributed by atoms with E-state index < -0.39 is 36.4 Å². The number of halogens is 9. The van der Waals surface area contributed by atoms with Crippen LogP contribution in [0.25, 0.3) is 0 Å². The first kappa shape index (κ1) is 37.8. The molecule has 0 amide bonds. The highest BCUT2D eigenvalue weighted by Gasteiger charge is 2.50. The van der Waals surface area contributed by atoms with Crippen LogP contribution in [0.1, 0.15) is 11.4 Å². The predicted molar refractivity (Wildman–Crippen MR) is 121 cm³/mol. The molecule has 3 heterocycles. The second kappa shape index (κ2) is 15.2. The van der Waals surface area contributed by atoms with Gasteiger partial charge in [0.25, 0.3) is 0 Å². The first-order valence-electron chi connectivity index (χ1n) is 11.2. The molecule has 2 aliphatic heterocycles. The summed E-state index contributed by atoms with van der Waals surface area (Å²) in [6.07, 6.45) is -15.3. The van der Waals surface area contributed by atoms with Gasteiger partial charge in [-0.15, -0.1) is 0 Å². The van der Waals surface area contributed by atoms with Gasteiger partial charge in [0.1, 0.15) is 0 Å². The fraction of sp³-hybridized carbons (Fsp3) is 0.636. The van der Waals surface area contributed by atoms with Gasteiger partial charge in [-0.3, -0.25) is 9.88 Å². The predicted octanol–water partition coefficient (Wildman–Crippen LogP) is 3.30. The fourth-order valence-electron chi connectivity index (χ4n) is 3.83. The van der Waals surface area contributed by atoms with Crippen LogP contribution in [0, 0.1) is 18.3 Å². The number of likely N-dealkylation sites (tertiary alicyclic amines) is 1. The third-order valence-corrected chi connectivity index (χ3v) is 5.28. The summed E-state index contributed by atoms with van der Waals surface area (Å²) in [5, 5.41) is 21.4. The number of hydrogen-bond donors (Lipinski definition) is 3. The normalized spacial score (nSPS) is 20.5. The molecule has 2 atom stereocenters. The van der Waals surface area contributed by atoms with E-state index in [0.717, 1.165) is 45.1 Å². The molecule has 19 heteroatoms. The minimum atomic E-state index is -5.08. The molecule has 10 nitrogen and oxygen atoms in total. The lowest BCUT2D eigenvalue weighted by Gasteiger charge is -2.30. The van der Waals surface area contributed by atoms with Crippen molar-refractivity contribution in [3.05, 3.63) is 29.6 Å². The van der Waals surface area contributed by atoms with Gasteiger partial charge in [-0.2, -0.15) is 39.5 Å². The maximum absolute atomic E-state index is 10.6. The molecule has 1 aromatic rings. The lowest BCUT2D eigenvalue weighted by atomic mass is 9.81. The zero-order valence-electron chi connectivity index (χ0n) is 21.8. The Morgan fingerprint density at radius 3 is 1.76 bits per heavy atom. The Hall–Kier alpha value is -3.19. The third kappa shape index (κ3) is 14.3. The van der Waals surface area contributed by atoms with E-state index in [1.54, 1.807) is 0 Å². The van der Waals surface area contributed by atoms with Crippen molar-refractivity contribution in [1.82, 2.24) is 14.8 Å². The number of carboxylic acids is 3. The number of pyridine rings is 1. The van der Waals surface area contributed by atoms with E-state index >= 15 is 0 Å². The van der Waals surface area contributed by atoms with Crippen molar-refractivity contribution in [2.75, 3.05) is 46.9 Å². The van der Waals surface area contributed by atoms with Crippen LogP contribution in [0.5, 0.6) is 0 Å². The van der Waals surface area contributed by atoms with Crippen LogP contribution in [-0.2, 0) is 25.7 Å². The Kier molecular flexibility index (Phi) is 14.0. The fourth-order valence-corrected chi connectivity index (χ4v) is 3.83. The summed E-state index contributed by atoms with van der Waals surface area (Å²) in [4.78, 5) is 36.2. The molecule has 3 rings (SSSR count). The van der Waals surface area contributed by atoms with Crippen molar-refractivity contribution in [3.63, 3.8) is 0 Å². The summed E-state index contributed by atoms with van der Waals surface area (Å²) in [5.74, 6) is -7.60. The monoisotopic (exact) mass is 617 g/mol. The second-order valence-corrected chi connectivity index (χ2v) is 9.16. The molecule has 236 valence electrons. The molecule has 2 fully saturated rings. The Balaban J connectivity index is 0.000000631. The van der Waals surface area contributed by atoms with Gasteiger partial charge in [0, 0.05) is 43.2 Å². The number of aryl methyl sites for hydroxylation is 1. The zero-order chi connectivity index (χ0) is 32.4. The minimum absolute atomic E-state index is 0.327. The Morgan fingerprint density at radius 1 is 0.951 bits per heavy atom. The largest absolute Gasteiger partial charge is 0.490 e. The molecule has 0 bridgehead atoms. The summed E-state index contributed by atoms with van der Waals surface area (Å²) in [7, 11) is 4.32. The zero-order valence-corrected chi connectivity index (χ0v) is 21.8. The van der Waals surface area contributed by atoms with Crippen LogP contribution in [0.2, 0.25) is 0 Å². The van der Waals surface area contributed by atoms with Crippen molar-refractivity contribution < 1.29 is 74.0 Å². The van der Waals surface area contributed by atoms with Crippen LogP contribution in [0.15, 0.2) is 18.2 Å². The quantitative estimate of drug-likeness (QED) is 0.431. The van der Waals surface area contributed by atoms with E-state index in [1.807, 2.05) is 0 Å². The van der Waals surface area contributed by atoms with Gasteiger partial charge >= 0.3 is 36.4 Å². The molecule has 41 heavy (non-hydrogen) atoms. The number of hydrogen-bond acceptors (Lipinski definition) is 7. The minimum Gasteiger partial charge on any atom is -0.475 e. The lowest BCUT2D eigenvalue weighted by molar-refractivity contribution is -0.193. The molecule has 3 N–H and O–H groups in total. The van der Waals surface area contributed by atoms with E-state index in [1.165, 1.54) is 5.69 Å². The molecule has 0 aromatic carbocycles. The van der Waals surface area contributed by atoms with Crippen molar-refractivity contribution in [3.8, 4) is 0 Å². The summed E-state index contributed by atoms with van der Waals surface area (Å²) in [6.45, 7) is 8.25. The standard InChI is InChI=1S/C16H25N3O.3C2HF3O2/c1-13-5-4-6-15(17-13)8-19-7-14-9-20-12-16(14,11-19)10-18(2)3;3*3-2(4,5)1(6)7/h4-6,14H,7-12H2,1-3H3;3*(H,6,7)/t14-,16+;;;/m1.../s1. The number of carboxylic acid groups (broad SMARTS) is 3. The number of ether oxygens (including phenoxy) is 1. The second-order valence-electron chi connectivity index (χ2n) is 9.16. The first-order chi connectivity index (χ1) is 18.4. The number of carbonyl (C=O) groups is 3. The highest BCUT2D eigenvalue weighted by atomic mass is 19.4. The smallest absolute Gasteiger partial charge is 0.475 e. The molecule has 0 saturated carbocycles. The SMILES string of the molecule is Cc1cccc(CN2C[C@@H]3COC[C@]3(CN(C)C)C2)n1.O=C(O)C(F)(F)F.O=C(O)C(F)(F)F.O=C(O)C(F)(F)F. The van der Waals surface area contributed by atoms with E-state index in [4.69, 9.17) is 34.4 Å². The summed E-state index contributed by atoms with van der Waals surface area (Å²) >= 11 is 0. The molecule has 1 aromatic heterocycles. The van der Waals surface area contributed by atoms with Crippen LogP contribution in [0.3, 0.4) is 0 Å². The number of aromatic nitrogens is 1. The number of fused-ring (bicyclic) bond motifs is 1. The van der Waals surface area contributed by atoms with E-state index in [2.05, 4.69) is 54.0 Å². The van der Waals surface area contributed by atoms with E-state index in [-0.39, 0.29) is 0 Å². The lowest BCUT2D eigenvalue weighted by Crippen LogP contribution is -2.40. The highest BCUT2D eigenvalue weighted by Crippen LogP contribution is 2.42. The number of rotatable bonds is 4. The Bertz CT molecular complexity index is 961. The van der Waals surface area contributed by atoms with E-state index in [9.17, 15) is 39.5 Å². The molecular formula is C22H28F9N3O7. The van der Waals surface area contributed by atoms with Crippen molar-refractivity contribution in [2.45, 2.75) is 32.0 Å². The number of aliphatic carboxylic acids is 3. The number of alkyl halides is 9. The number of nitrogens with zero attached hydrogens (tertiary/aromatic N) is 3. The molecule has 2 aliphatic rings. The van der Waals surface area contributed by atoms with Gasteiger partial charge in [0.15, 0.2) is 0 Å². The van der Waals surface area contributed by atoms with Crippen molar-refractivity contribution >= 4 is 17.9 Å². The van der Waals surface area contributed by atoms with Gasteiger partial charge in [-0.25, -0.2) is 14.4 Å². The Labute approximate surface area is 227 Å². The maximum Gasteiger partial charge on any atom is 0.490 e. The van der Waals surface area contributed by atoms with Gasteiger partial charge in [0.05, 0.1) is 18.9 Å². The van der Waals surface area contributed by atoms with Gasteiger partial charge in [-0.1, -0.05) is 6.07 Å². The summed E-state index contributed by atoms with van der Waals surface area (Å²) < 4.78 is 101. The molecule has 2 saturated heterocycles. The van der Waals surface area contributed by atoms with Crippen LogP contribution < -0.4 is 0 Å². The average Bonchev–Trinajstić information content (AvgIpc) is 3.28. The van der Waals surface area contributed by atoms with Crippen LogP contribution in [0.4, 0.5) is 39.5 Å². The van der Waals surface area contributed by atoms with Crippen molar-refractivity contribution in [2.24, 2.45) is 11.3 Å². The molecule has 0 radical (unpaired) electrons. The third-order valence-electron chi connectivity index (χ3n) is 5.28. The molecular weight excluding hydrogens is 589 g/mol. The summed E-state index contributed by atoms with van der Waals surface area (Å²) in [6, 6.07) is 6.30. The molecule has 0 unspecified atom stereocenters. The molecule has 0 spiro atoms. The van der Waals surface area contributed by atoms with Gasteiger partial charge < -0.3 is 25.0 Å². The topological polar surface area (TPSA) is 140 Å². The van der Waals surface area contributed by atoms with Gasteiger partial charge in [0.2, 0.25) is 0 Å². The van der Waals surface area contributed by atoms with E-state index in [0.29, 0.717) is 11.3 Å². The maximum atomic E-state index is 10.6. The molecule has 0 aliphatic carbocycles. The highest BCUT2D eigenvalue weighted by molar-refractivity contribution is 5.73. The van der Waals surface area contributed by atoms with Crippen molar-refractivity contribution in [1.29, 1.82) is 0 Å². The summed E-state index contributed by atoms with van der Waals surface area (Å²) in [5.41, 5.74) is 2.62. The van der Waals surface area contributed by atoms with Crippen LogP contribution >= 0.6 is 0 Å².